The molecule has 0 heterocycles. The van der Waals surface area contributed by atoms with Gasteiger partial charge >= 0.3 is 204 Å². The van der Waals surface area contributed by atoms with Crippen LogP contribution in [0.25, 0.3) is 16.7 Å². The standard InChI is InChI=1S/C26H27F5O.2ClH.Ti/c1-12(2)10-16-18(15-8-6-7-9-15)14(5)19(17(26(16)32)11-13(3)4)20-21(27)23(29)25(31)24(30)22(20)28;;;/h6-8,12-13,32H,9-11H2,1-5H3;2*1H;/q;;;+3/p-3. The van der Waals surface area contributed by atoms with E-state index in [0.29, 0.717) is 36.1 Å². The Morgan fingerprint density at radius 3 is 1.63 bits per heavy atom. The van der Waals surface area contributed by atoms with Crippen molar-refractivity contribution in [3.05, 3.63) is 69.6 Å². The van der Waals surface area contributed by atoms with Gasteiger partial charge in [0.1, 0.15) is 0 Å². The Morgan fingerprint density at radius 2 is 1.23 bits per heavy atom. The Bertz CT molecular complexity index is 1130. The second kappa shape index (κ2) is 12.8. The maximum Gasteiger partial charge on any atom is -1.00 e. The topological polar surface area (TPSA) is 9.23 Å². The average molecular weight is 568 g/mol. The molecule has 0 unspecified atom stereocenters. The van der Waals surface area contributed by atoms with Gasteiger partial charge < -0.3 is 24.8 Å². The predicted molar refractivity (Wildman–Crippen MR) is 116 cm³/mol. The first-order chi connectivity index (χ1) is 15.5. The minimum absolute atomic E-state index is 0. The summed E-state index contributed by atoms with van der Waals surface area (Å²) in [5, 5.41) is 0. The van der Waals surface area contributed by atoms with Gasteiger partial charge in [-0.15, -0.1) is 0 Å². The van der Waals surface area contributed by atoms with Crippen molar-refractivity contribution in [1.29, 1.82) is 0 Å². The summed E-state index contributed by atoms with van der Waals surface area (Å²) in [6.45, 7) is 9.65. The summed E-state index contributed by atoms with van der Waals surface area (Å²) >= 11 is 1.48. The fraction of sp³-hybridized carbons (Fsp3) is 0.385. The van der Waals surface area contributed by atoms with Gasteiger partial charge in [0.2, 0.25) is 0 Å². The van der Waals surface area contributed by atoms with E-state index in [2.05, 4.69) is 13.8 Å². The first-order valence-electron chi connectivity index (χ1n) is 10.9. The van der Waals surface area contributed by atoms with Crippen molar-refractivity contribution in [3.63, 3.8) is 0 Å². The quantitative estimate of drug-likeness (QED) is 0.215. The summed E-state index contributed by atoms with van der Waals surface area (Å²) in [7, 11) is 0. The smallest absolute Gasteiger partial charge is 1.00 e. The van der Waals surface area contributed by atoms with Crippen molar-refractivity contribution in [3.8, 4) is 16.9 Å². The van der Waals surface area contributed by atoms with Crippen LogP contribution in [0.2, 0.25) is 0 Å². The van der Waals surface area contributed by atoms with Crippen LogP contribution in [0, 0.1) is 47.8 Å². The third kappa shape index (κ3) is 5.98. The van der Waals surface area contributed by atoms with E-state index in [4.69, 9.17) is 3.32 Å². The van der Waals surface area contributed by atoms with E-state index < -0.39 is 34.6 Å². The number of hydrogen-bond donors (Lipinski definition) is 0. The van der Waals surface area contributed by atoms with Crippen molar-refractivity contribution in [2.24, 2.45) is 11.8 Å². The molecular formula is C26H26Cl2F5OTi. The van der Waals surface area contributed by atoms with E-state index in [9.17, 15) is 13.2 Å². The monoisotopic (exact) mass is 567 g/mol. The third-order valence-electron chi connectivity index (χ3n) is 5.78. The molecule has 0 saturated carbocycles. The summed E-state index contributed by atoms with van der Waals surface area (Å²) < 4.78 is 78.2. The molecule has 0 aliphatic heterocycles. The van der Waals surface area contributed by atoms with Gasteiger partial charge in [-0.25, -0.2) is 0 Å². The maximum absolute atomic E-state index is 15.1. The molecule has 0 spiro atoms. The van der Waals surface area contributed by atoms with Gasteiger partial charge in [0.05, 0.1) is 0 Å². The average Bonchev–Trinajstić information content (AvgIpc) is 3.27. The zero-order valence-electron chi connectivity index (χ0n) is 20.1. The Kier molecular flexibility index (Phi) is 11.6. The van der Waals surface area contributed by atoms with Crippen LogP contribution < -0.4 is 28.1 Å². The Hall–Kier alpha value is -1.34. The maximum atomic E-state index is 15.1. The van der Waals surface area contributed by atoms with E-state index in [1.807, 2.05) is 32.1 Å². The molecule has 0 amide bonds. The molecule has 0 bridgehead atoms. The summed E-state index contributed by atoms with van der Waals surface area (Å²) in [6, 6.07) is 0. The van der Waals surface area contributed by atoms with Gasteiger partial charge in [-0.1, -0.05) is 0 Å². The number of benzene rings is 2. The predicted octanol–water partition coefficient (Wildman–Crippen LogP) is 1.95. The second-order valence-electron chi connectivity index (χ2n) is 9.23. The SMILES string of the molecule is Cc1c(C2=CC=CC2)c(CC(C)C)c([O][Ti+2])c(CC(C)C)c1-c1c(F)c(F)c(F)c(F)c1F.[Cl-].[Cl-]. The summed E-state index contributed by atoms with van der Waals surface area (Å²) in [4.78, 5) is 0. The molecule has 2 aromatic rings. The van der Waals surface area contributed by atoms with Gasteiger partial charge in [-0.05, 0) is 0 Å². The number of halogens is 7. The van der Waals surface area contributed by atoms with E-state index >= 15 is 8.78 Å². The molecule has 0 atom stereocenters. The Balaban J connectivity index is 0.00000306. The van der Waals surface area contributed by atoms with Crippen LogP contribution in [-0.4, -0.2) is 0 Å². The van der Waals surface area contributed by atoms with E-state index in [0.717, 1.165) is 16.7 Å². The Labute approximate surface area is 227 Å². The van der Waals surface area contributed by atoms with Crippen LogP contribution in [0.15, 0.2) is 18.2 Å². The first kappa shape index (κ1) is 31.7. The fourth-order valence-corrected chi connectivity index (χ4v) is 4.93. The Morgan fingerprint density at radius 1 is 0.771 bits per heavy atom. The molecule has 9 heteroatoms. The second-order valence-corrected chi connectivity index (χ2v) is 9.55. The number of hydrogen-bond acceptors (Lipinski definition) is 1. The van der Waals surface area contributed by atoms with Crippen LogP contribution in [0.1, 0.15) is 56.4 Å². The van der Waals surface area contributed by atoms with Crippen molar-refractivity contribution < 1.29 is 70.9 Å². The molecule has 0 aromatic heterocycles. The van der Waals surface area contributed by atoms with Crippen LogP contribution in [0.5, 0.6) is 5.75 Å². The molecule has 0 saturated heterocycles. The molecule has 35 heavy (non-hydrogen) atoms. The molecule has 0 N–H and O–H groups in total. The molecular weight excluding hydrogens is 542 g/mol. The molecule has 1 aliphatic rings. The van der Waals surface area contributed by atoms with E-state index in [1.54, 1.807) is 6.92 Å². The fourth-order valence-electron chi connectivity index (χ4n) is 4.55. The molecule has 1 aliphatic carbocycles. The number of rotatable bonds is 7. The minimum Gasteiger partial charge on any atom is -1.00 e. The van der Waals surface area contributed by atoms with Gasteiger partial charge in [0, 0.05) is 0 Å². The first-order valence-corrected chi connectivity index (χ1v) is 11.5. The van der Waals surface area contributed by atoms with Crippen LogP contribution in [-0.2, 0) is 33.7 Å². The van der Waals surface area contributed by atoms with E-state index in [-0.39, 0.29) is 42.2 Å². The summed E-state index contributed by atoms with van der Waals surface area (Å²) in [6.07, 6.45) is 7.35. The molecule has 1 nitrogen and oxygen atoms in total. The molecule has 0 radical (unpaired) electrons. The third-order valence-corrected chi connectivity index (χ3v) is 6.10. The van der Waals surface area contributed by atoms with Crippen molar-refractivity contribution in [2.45, 2.75) is 53.9 Å². The molecule has 2 aromatic carbocycles. The number of allylic oxidation sites excluding steroid dienone is 4. The zero-order chi connectivity index (χ0) is 24.6. The summed E-state index contributed by atoms with van der Waals surface area (Å²) in [5.41, 5.74) is 2.62. The van der Waals surface area contributed by atoms with Crippen molar-refractivity contribution in [1.82, 2.24) is 0 Å². The zero-order valence-corrected chi connectivity index (χ0v) is 23.1. The van der Waals surface area contributed by atoms with Gasteiger partial charge in [-0.2, -0.15) is 0 Å². The van der Waals surface area contributed by atoms with E-state index in [1.165, 1.54) is 20.8 Å². The summed E-state index contributed by atoms with van der Waals surface area (Å²) in [5.74, 6) is -8.99. The normalized spacial score (nSPS) is 12.7. The van der Waals surface area contributed by atoms with Crippen LogP contribution in [0.3, 0.4) is 0 Å². The van der Waals surface area contributed by atoms with Crippen LogP contribution >= 0.6 is 0 Å². The van der Waals surface area contributed by atoms with Crippen molar-refractivity contribution >= 4 is 5.57 Å². The van der Waals surface area contributed by atoms with Gasteiger partial charge in [0.25, 0.3) is 0 Å². The van der Waals surface area contributed by atoms with Gasteiger partial charge in [0.15, 0.2) is 0 Å². The van der Waals surface area contributed by atoms with Crippen LogP contribution in [0.4, 0.5) is 22.0 Å². The van der Waals surface area contributed by atoms with Crippen molar-refractivity contribution in [2.75, 3.05) is 0 Å². The van der Waals surface area contributed by atoms with Gasteiger partial charge in [-0.3, -0.25) is 0 Å². The molecule has 189 valence electrons. The molecule has 0 fully saturated rings. The minimum atomic E-state index is -2.16. The largest absolute Gasteiger partial charge is 1.00 e. The molecule has 3 rings (SSSR count).